The monoisotopic (exact) mass is 699 g/mol. The minimum Gasteiger partial charge on any atom is -0.456 e. The second-order valence-corrected chi connectivity index (χ2v) is 13.0. The summed E-state index contributed by atoms with van der Waals surface area (Å²) in [6.07, 6.45) is 0. The van der Waals surface area contributed by atoms with Crippen molar-refractivity contribution in [3.05, 3.63) is 182 Å². The summed E-state index contributed by atoms with van der Waals surface area (Å²) in [6.45, 7) is 0. The molecule has 0 saturated heterocycles. The van der Waals surface area contributed by atoms with Gasteiger partial charge in [-0.25, -0.2) is 15.0 Å². The highest BCUT2D eigenvalue weighted by molar-refractivity contribution is 6.15. The van der Waals surface area contributed by atoms with E-state index in [1.807, 2.05) is 109 Å². The second-order valence-electron chi connectivity index (χ2n) is 13.0. The van der Waals surface area contributed by atoms with Crippen molar-refractivity contribution >= 4 is 54.5 Å². The molecule has 0 amide bonds. The van der Waals surface area contributed by atoms with Crippen LogP contribution >= 0.6 is 0 Å². The van der Waals surface area contributed by atoms with Gasteiger partial charge in [-0.2, -0.15) is 0 Å². The summed E-state index contributed by atoms with van der Waals surface area (Å²) in [6, 6.07) is 36.4. The van der Waals surface area contributed by atoms with Crippen molar-refractivity contribution in [2.24, 2.45) is 0 Å². The van der Waals surface area contributed by atoms with Crippen LogP contribution in [0.3, 0.4) is 0 Å². The number of hydrogen-bond donors (Lipinski definition) is 0. The first-order valence-corrected chi connectivity index (χ1v) is 17.4. The molecular formula is C49H30N4O. The van der Waals surface area contributed by atoms with Gasteiger partial charge >= 0.3 is 0 Å². The van der Waals surface area contributed by atoms with E-state index < -0.39 is 42.3 Å². The molecule has 5 heteroatoms. The molecule has 5 nitrogen and oxygen atoms in total. The lowest BCUT2D eigenvalue weighted by Gasteiger charge is -2.11. The summed E-state index contributed by atoms with van der Waals surface area (Å²) < 4.78 is 85.9. The normalized spacial score (nSPS) is 14.0. The number of rotatable bonds is 5. The predicted octanol–water partition coefficient (Wildman–Crippen LogP) is 12.7. The topological polar surface area (TPSA) is 56.7 Å². The van der Waals surface area contributed by atoms with Crippen molar-refractivity contribution in [1.82, 2.24) is 19.5 Å². The first kappa shape index (κ1) is 22.5. The van der Waals surface area contributed by atoms with Crippen LogP contribution in [-0.4, -0.2) is 19.5 Å². The van der Waals surface area contributed by atoms with Gasteiger partial charge in [-0.05, 0) is 82.5 Å². The SMILES string of the molecule is [2H]c1c([2H])c([2H])c(-c2cccc3c2c2c([2H])c([2H])c([2H])c([2H])c2n3-c2ccc(-c3nc(-c4ccc5ccccc5c4)nc(-c4ccc5c(c4)oc4ccccc45)n3)cc2)c([2H])c1[2H]. The average molecular weight is 700 g/mol. The summed E-state index contributed by atoms with van der Waals surface area (Å²) in [5, 5.41) is 4.58. The molecule has 3 aromatic heterocycles. The quantitative estimate of drug-likeness (QED) is 0.179. The molecule has 0 aliphatic carbocycles. The van der Waals surface area contributed by atoms with E-state index in [9.17, 15) is 0 Å². The van der Waals surface area contributed by atoms with E-state index in [0.29, 0.717) is 45.2 Å². The van der Waals surface area contributed by atoms with Crippen molar-refractivity contribution in [2.45, 2.75) is 0 Å². The third kappa shape index (κ3) is 4.90. The van der Waals surface area contributed by atoms with E-state index in [0.717, 1.165) is 38.3 Å². The van der Waals surface area contributed by atoms with Gasteiger partial charge in [-0.15, -0.1) is 0 Å². The molecule has 11 rings (SSSR count). The van der Waals surface area contributed by atoms with E-state index in [-0.39, 0.29) is 34.1 Å². The Morgan fingerprint density at radius 3 is 1.96 bits per heavy atom. The fourth-order valence-corrected chi connectivity index (χ4v) is 7.34. The summed E-state index contributed by atoms with van der Waals surface area (Å²) in [4.78, 5) is 15.0. The molecule has 0 unspecified atom stereocenters. The maximum absolute atomic E-state index is 9.12. The predicted molar refractivity (Wildman–Crippen MR) is 221 cm³/mol. The molecule has 0 bridgehead atoms. The number of furan rings is 1. The zero-order valence-electron chi connectivity index (χ0n) is 37.3. The van der Waals surface area contributed by atoms with Crippen LogP contribution in [0.1, 0.15) is 12.3 Å². The summed E-state index contributed by atoms with van der Waals surface area (Å²) in [5.74, 6) is 1.30. The zero-order chi connectivity index (χ0) is 43.4. The van der Waals surface area contributed by atoms with Crippen LogP contribution in [-0.2, 0) is 0 Å². The van der Waals surface area contributed by atoms with E-state index in [4.69, 9.17) is 31.7 Å². The number of fused-ring (bicyclic) bond motifs is 7. The van der Waals surface area contributed by atoms with Crippen LogP contribution in [0.25, 0.3) is 105 Å². The van der Waals surface area contributed by atoms with Gasteiger partial charge in [0.1, 0.15) is 11.2 Å². The third-order valence-corrected chi connectivity index (χ3v) is 9.86. The van der Waals surface area contributed by atoms with Gasteiger partial charge in [0.25, 0.3) is 0 Å². The average Bonchev–Trinajstić information content (AvgIpc) is 3.87. The Kier molecular flexibility index (Phi) is 5.06. The highest BCUT2D eigenvalue weighted by Gasteiger charge is 2.18. The molecule has 0 atom stereocenters. The van der Waals surface area contributed by atoms with Gasteiger partial charge in [0.05, 0.1) is 23.4 Å². The lowest BCUT2D eigenvalue weighted by Crippen LogP contribution is -2.00. The largest absolute Gasteiger partial charge is 0.456 e. The minimum absolute atomic E-state index is 0.0688. The lowest BCUT2D eigenvalue weighted by molar-refractivity contribution is 0.669. The third-order valence-electron chi connectivity index (χ3n) is 9.86. The van der Waals surface area contributed by atoms with E-state index in [1.54, 1.807) is 22.8 Å². The Bertz CT molecular complexity index is 3720. The van der Waals surface area contributed by atoms with Crippen LogP contribution in [0, 0.1) is 0 Å². The summed E-state index contributed by atoms with van der Waals surface area (Å²) in [7, 11) is 0. The maximum atomic E-state index is 9.12. The lowest BCUT2D eigenvalue weighted by atomic mass is 9.99. The Balaban J connectivity index is 1.11. The summed E-state index contributed by atoms with van der Waals surface area (Å²) in [5.41, 5.74) is 5.01. The van der Waals surface area contributed by atoms with Gasteiger partial charge in [0.2, 0.25) is 0 Å². The zero-order valence-corrected chi connectivity index (χ0v) is 28.3. The minimum atomic E-state index is -0.535. The molecule has 0 fully saturated rings. The molecule has 0 aliphatic heterocycles. The van der Waals surface area contributed by atoms with Crippen molar-refractivity contribution in [3.8, 4) is 51.0 Å². The van der Waals surface area contributed by atoms with E-state index in [1.165, 1.54) is 0 Å². The maximum Gasteiger partial charge on any atom is 0.164 e. The van der Waals surface area contributed by atoms with Crippen molar-refractivity contribution in [3.63, 3.8) is 0 Å². The molecule has 252 valence electrons. The molecule has 0 radical (unpaired) electrons. The standard InChI is InChI=1S/C49H30N4O/c1-2-12-32(13-3-1)38-17-10-19-43-46(38)41-16-6-8-18-42(41)53(43)37-26-23-33(24-27-37)47-50-48(35-22-21-31-11-4-5-14-34(31)29-35)52-49(51-47)36-25-28-40-39-15-7-9-20-44(39)54-45(40)30-36/h1-30H/i1D,2D,3D,6D,8D,12D,13D,16D,18D. The van der Waals surface area contributed by atoms with Crippen LogP contribution in [0.15, 0.2) is 186 Å². The van der Waals surface area contributed by atoms with Crippen LogP contribution < -0.4 is 0 Å². The fourth-order valence-electron chi connectivity index (χ4n) is 7.34. The molecule has 0 aliphatic rings. The number of para-hydroxylation sites is 2. The smallest absolute Gasteiger partial charge is 0.164 e. The molecule has 3 heterocycles. The van der Waals surface area contributed by atoms with Gasteiger partial charge in [-0.3, -0.25) is 0 Å². The van der Waals surface area contributed by atoms with Gasteiger partial charge in [0.15, 0.2) is 17.5 Å². The first-order chi connectivity index (χ1) is 30.5. The molecular weight excluding hydrogens is 661 g/mol. The number of benzene rings is 8. The Labute approximate surface area is 323 Å². The second kappa shape index (κ2) is 12.1. The molecule has 0 N–H and O–H groups in total. The summed E-state index contributed by atoms with van der Waals surface area (Å²) >= 11 is 0. The molecule has 54 heavy (non-hydrogen) atoms. The first-order valence-electron chi connectivity index (χ1n) is 21.9. The molecule has 8 aromatic carbocycles. The van der Waals surface area contributed by atoms with Crippen LogP contribution in [0.4, 0.5) is 0 Å². The van der Waals surface area contributed by atoms with Gasteiger partial charge < -0.3 is 8.98 Å². The van der Waals surface area contributed by atoms with E-state index >= 15 is 0 Å². The van der Waals surface area contributed by atoms with Crippen molar-refractivity contribution in [2.75, 3.05) is 0 Å². The molecule has 0 saturated carbocycles. The number of aromatic nitrogens is 4. The number of nitrogens with zero attached hydrogens (tertiary/aromatic N) is 4. The fraction of sp³-hybridized carbons (Fsp3) is 0. The number of hydrogen-bond acceptors (Lipinski definition) is 4. The Morgan fingerprint density at radius 1 is 0.444 bits per heavy atom. The van der Waals surface area contributed by atoms with Crippen LogP contribution in [0.5, 0.6) is 0 Å². The highest BCUT2D eigenvalue weighted by atomic mass is 16.3. The highest BCUT2D eigenvalue weighted by Crippen LogP contribution is 2.39. The van der Waals surface area contributed by atoms with Crippen LogP contribution in [0.2, 0.25) is 0 Å². The Hall–Kier alpha value is -7.37. The molecule has 0 spiro atoms. The van der Waals surface area contributed by atoms with Crippen molar-refractivity contribution in [1.29, 1.82) is 0 Å². The van der Waals surface area contributed by atoms with Gasteiger partial charge in [-0.1, -0.05) is 121 Å². The van der Waals surface area contributed by atoms with Crippen molar-refractivity contribution < 1.29 is 16.8 Å². The van der Waals surface area contributed by atoms with E-state index in [2.05, 4.69) is 0 Å². The molecule has 11 aromatic rings. The van der Waals surface area contributed by atoms with Gasteiger partial charge in [0, 0.05) is 43.9 Å². The Morgan fingerprint density at radius 2 is 1.11 bits per heavy atom.